The molecular formula is C15H25N3O5. The zero-order chi connectivity index (χ0) is 17.1. The maximum Gasteiger partial charge on any atom is 0.408 e. The summed E-state index contributed by atoms with van der Waals surface area (Å²) in [4.78, 5) is 39.8. The van der Waals surface area contributed by atoms with E-state index in [9.17, 15) is 19.5 Å². The van der Waals surface area contributed by atoms with Gasteiger partial charge in [0.15, 0.2) is 0 Å². The van der Waals surface area contributed by atoms with Crippen molar-refractivity contribution < 1.29 is 24.6 Å². The van der Waals surface area contributed by atoms with E-state index in [1.54, 1.807) is 16.7 Å². The molecule has 0 aliphatic carbocycles. The van der Waals surface area contributed by atoms with Crippen LogP contribution in [0.1, 0.15) is 26.7 Å². The van der Waals surface area contributed by atoms with Crippen molar-refractivity contribution in [3.05, 3.63) is 0 Å². The quantitative estimate of drug-likeness (QED) is 0.748. The van der Waals surface area contributed by atoms with Gasteiger partial charge in [0.05, 0.1) is 6.10 Å². The normalized spacial score (nSPS) is 28.9. The molecule has 2 aliphatic heterocycles. The fourth-order valence-corrected chi connectivity index (χ4v) is 3.32. The van der Waals surface area contributed by atoms with Crippen molar-refractivity contribution in [3.8, 4) is 0 Å². The van der Waals surface area contributed by atoms with Crippen LogP contribution in [0.25, 0.3) is 0 Å². The van der Waals surface area contributed by atoms with Crippen LogP contribution in [-0.4, -0.2) is 87.7 Å². The van der Waals surface area contributed by atoms with Gasteiger partial charge in [0.2, 0.25) is 11.8 Å². The maximum atomic E-state index is 12.3. The monoisotopic (exact) mass is 327 g/mol. The Balaban J connectivity index is 1.85. The highest BCUT2D eigenvalue weighted by Crippen LogP contribution is 2.17. The molecule has 0 aromatic heterocycles. The van der Waals surface area contributed by atoms with Gasteiger partial charge in [-0.1, -0.05) is 6.92 Å². The third-order valence-electron chi connectivity index (χ3n) is 4.58. The molecule has 2 fully saturated rings. The van der Waals surface area contributed by atoms with E-state index < -0.39 is 18.2 Å². The molecule has 0 spiro atoms. The standard InChI is InChI=1S/C15H25N3O5/c1-10-7-12(19)9-17(8-10)13(20)3-4-16-5-6-18(15(22)23)11(2)14(16)21/h10-12,19H,3-9H2,1-2H3,(H,22,23)/t10-,11-,12-/m0/s1. The summed E-state index contributed by atoms with van der Waals surface area (Å²) < 4.78 is 0. The number of carboxylic acid groups (broad SMARTS) is 1. The average molecular weight is 327 g/mol. The van der Waals surface area contributed by atoms with Crippen LogP contribution in [0.2, 0.25) is 0 Å². The average Bonchev–Trinajstić information content (AvgIpc) is 2.47. The molecule has 0 unspecified atom stereocenters. The number of likely N-dealkylation sites (tertiary alicyclic amines) is 1. The van der Waals surface area contributed by atoms with E-state index in [4.69, 9.17) is 5.11 Å². The molecule has 3 amide bonds. The minimum Gasteiger partial charge on any atom is -0.465 e. The van der Waals surface area contributed by atoms with Gasteiger partial charge in [-0.15, -0.1) is 0 Å². The number of piperidine rings is 1. The third kappa shape index (κ3) is 4.13. The van der Waals surface area contributed by atoms with E-state index in [1.807, 2.05) is 6.92 Å². The van der Waals surface area contributed by atoms with Gasteiger partial charge in [0, 0.05) is 39.1 Å². The number of hydrogen-bond acceptors (Lipinski definition) is 4. The van der Waals surface area contributed by atoms with E-state index in [-0.39, 0.29) is 37.2 Å². The molecule has 0 radical (unpaired) electrons. The van der Waals surface area contributed by atoms with E-state index >= 15 is 0 Å². The number of nitrogens with zero attached hydrogens (tertiary/aromatic N) is 3. The van der Waals surface area contributed by atoms with Gasteiger partial charge < -0.3 is 20.0 Å². The minimum atomic E-state index is -1.10. The fraction of sp³-hybridized carbons (Fsp3) is 0.800. The van der Waals surface area contributed by atoms with Gasteiger partial charge in [-0.05, 0) is 19.3 Å². The molecule has 0 saturated carbocycles. The summed E-state index contributed by atoms with van der Waals surface area (Å²) in [5.41, 5.74) is 0. The largest absolute Gasteiger partial charge is 0.465 e. The first-order valence-electron chi connectivity index (χ1n) is 8.03. The number of β-amino-alcohol motifs (C(OH)–C–C–N with tert-alkyl or cyclic N) is 1. The highest BCUT2D eigenvalue weighted by Gasteiger charge is 2.34. The van der Waals surface area contributed by atoms with Crippen molar-refractivity contribution >= 4 is 17.9 Å². The van der Waals surface area contributed by atoms with Crippen molar-refractivity contribution in [2.45, 2.75) is 38.8 Å². The number of hydrogen-bond donors (Lipinski definition) is 2. The van der Waals surface area contributed by atoms with Crippen LogP contribution < -0.4 is 0 Å². The summed E-state index contributed by atoms with van der Waals surface area (Å²) in [6.07, 6.45) is -0.677. The van der Waals surface area contributed by atoms with Crippen LogP contribution >= 0.6 is 0 Å². The Hall–Kier alpha value is -1.83. The molecule has 2 heterocycles. The Morgan fingerprint density at radius 2 is 1.91 bits per heavy atom. The number of amides is 3. The molecule has 2 saturated heterocycles. The second-order valence-electron chi connectivity index (χ2n) is 6.52. The lowest BCUT2D eigenvalue weighted by Crippen LogP contribution is -2.57. The smallest absolute Gasteiger partial charge is 0.408 e. The molecule has 8 nitrogen and oxygen atoms in total. The van der Waals surface area contributed by atoms with Gasteiger partial charge in [0.25, 0.3) is 0 Å². The molecule has 130 valence electrons. The van der Waals surface area contributed by atoms with E-state index in [2.05, 4.69) is 0 Å². The van der Waals surface area contributed by atoms with Gasteiger partial charge in [-0.2, -0.15) is 0 Å². The Bertz CT molecular complexity index is 474. The molecular weight excluding hydrogens is 302 g/mol. The van der Waals surface area contributed by atoms with Crippen molar-refractivity contribution in [1.82, 2.24) is 14.7 Å². The Labute approximate surface area is 135 Å². The first-order valence-corrected chi connectivity index (χ1v) is 8.03. The highest BCUT2D eigenvalue weighted by atomic mass is 16.4. The van der Waals surface area contributed by atoms with Crippen LogP contribution in [0.5, 0.6) is 0 Å². The van der Waals surface area contributed by atoms with Crippen LogP contribution in [0, 0.1) is 5.92 Å². The summed E-state index contributed by atoms with van der Waals surface area (Å²) in [5.74, 6) is -0.0707. The van der Waals surface area contributed by atoms with Crippen molar-refractivity contribution in [3.63, 3.8) is 0 Å². The molecule has 0 aromatic carbocycles. The third-order valence-corrected chi connectivity index (χ3v) is 4.58. The molecule has 8 heteroatoms. The van der Waals surface area contributed by atoms with Gasteiger partial charge in [-0.3, -0.25) is 14.5 Å². The lowest BCUT2D eigenvalue weighted by atomic mass is 9.98. The number of carbonyl (C=O) groups is 3. The summed E-state index contributed by atoms with van der Waals surface area (Å²) in [6.45, 7) is 5.40. The molecule has 0 aromatic rings. The number of carbonyl (C=O) groups excluding carboxylic acids is 2. The summed E-state index contributed by atoms with van der Waals surface area (Å²) >= 11 is 0. The zero-order valence-corrected chi connectivity index (χ0v) is 13.6. The molecule has 2 aliphatic rings. The molecule has 2 rings (SSSR count). The highest BCUT2D eigenvalue weighted by molar-refractivity contribution is 5.86. The van der Waals surface area contributed by atoms with Crippen LogP contribution in [0.4, 0.5) is 4.79 Å². The van der Waals surface area contributed by atoms with E-state index in [1.165, 1.54) is 0 Å². The van der Waals surface area contributed by atoms with E-state index in [0.717, 1.165) is 4.90 Å². The topological polar surface area (TPSA) is 101 Å². The van der Waals surface area contributed by atoms with Crippen LogP contribution in [0.15, 0.2) is 0 Å². The molecule has 2 N–H and O–H groups in total. The lowest BCUT2D eigenvalue weighted by molar-refractivity contribution is -0.142. The zero-order valence-electron chi connectivity index (χ0n) is 13.6. The number of aliphatic hydroxyl groups is 1. The van der Waals surface area contributed by atoms with Crippen molar-refractivity contribution in [2.24, 2.45) is 5.92 Å². The van der Waals surface area contributed by atoms with Crippen LogP contribution in [-0.2, 0) is 9.59 Å². The lowest BCUT2D eigenvalue weighted by Gasteiger charge is -2.38. The number of rotatable bonds is 3. The number of piperazine rings is 1. The summed E-state index contributed by atoms with van der Waals surface area (Å²) in [5, 5.41) is 18.8. The van der Waals surface area contributed by atoms with Crippen molar-refractivity contribution in [2.75, 3.05) is 32.7 Å². The molecule has 23 heavy (non-hydrogen) atoms. The first-order chi connectivity index (χ1) is 10.8. The van der Waals surface area contributed by atoms with E-state index in [0.29, 0.717) is 26.1 Å². The molecule has 3 atom stereocenters. The second-order valence-corrected chi connectivity index (χ2v) is 6.52. The van der Waals surface area contributed by atoms with Gasteiger partial charge in [0.1, 0.15) is 6.04 Å². The Morgan fingerprint density at radius 1 is 1.22 bits per heavy atom. The van der Waals surface area contributed by atoms with Gasteiger partial charge in [-0.25, -0.2) is 4.79 Å². The predicted octanol–water partition coefficient (Wildman–Crippen LogP) is -0.183. The fourth-order valence-electron chi connectivity index (χ4n) is 3.32. The van der Waals surface area contributed by atoms with Crippen LogP contribution in [0.3, 0.4) is 0 Å². The summed E-state index contributed by atoms with van der Waals surface area (Å²) in [7, 11) is 0. The molecule has 0 bridgehead atoms. The second kappa shape index (κ2) is 7.16. The first kappa shape index (κ1) is 17.5. The maximum absolute atomic E-state index is 12.3. The predicted molar refractivity (Wildman–Crippen MR) is 81.8 cm³/mol. The number of aliphatic hydroxyl groups excluding tert-OH is 1. The Kier molecular flexibility index (Phi) is 5.46. The summed E-state index contributed by atoms with van der Waals surface area (Å²) in [6, 6.07) is -0.715. The minimum absolute atomic E-state index is 0.0725. The van der Waals surface area contributed by atoms with Gasteiger partial charge >= 0.3 is 6.09 Å². The van der Waals surface area contributed by atoms with Crippen molar-refractivity contribution in [1.29, 1.82) is 0 Å². The Morgan fingerprint density at radius 3 is 2.52 bits per heavy atom. The SMILES string of the molecule is C[C@H]1C[C@H](O)CN(C(=O)CCN2CCN(C(=O)O)[C@@H](C)C2=O)C1.